The topological polar surface area (TPSA) is 81.8 Å². The van der Waals surface area contributed by atoms with Crippen molar-refractivity contribution in [1.29, 1.82) is 0 Å². The molecule has 1 spiro atoms. The van der Waals surface area contributed by atoms with Gasteiger partial charge >= 0.3 is 6.03 Å². The molecule has 1 aromatic rings. The monoisotopic (exact) mass is 412 g/mol. The highest BCUT2D eigenvalue weighted by Gasteiger charge is 2.52. The molecule has 1 aromatic carbocycles. The summed E-state index contributed by atoms with van der Waals surface area (Å²) in [5.74, 6) is -0.305. The van der Waals surface area contributed by atoms with Crippen molar-refractivity contribution in [2.45, 2.75) is 70.0 Å². The van der Waals surface area contributed by atoms with Gasteiger partial charge < -0.3 is 10.6 Å². The third-order valence-corrected chi connectivity index (χ3v) is 6.70. The van der Waals surface area contributed by atoms with Crippen molar-refractivity contribution in [2.75, 3.05) is 19.6 Å². The number of carbonyl (C=O) groups is 3. The van der Waals surface area contributed by atoms with Gasteiger partial charge in [0.25, 0.3) is 5.91 Å². The fraction of sp³-hybridized carbons (Fsp3) is 0.609. The number of urea groups is 1. The van der Waals surface area contributed by atoms with Gasteiger partial charge in [-0.05, 0) is 49.9 Å². The molecule has 0 aromatic heterocycles. The van der Waals surface area contributed by atoms with Crippen LogP contribution in [-0.4, -0.2) is 52.8 Å². The smallest absolute Gasteiger partial charge is 0.325 e. The molecule has 30 heavy (non-hydrogen) atoms. The minimum atomic E-state index is -0.707. The predicted octanol–water partition coefficient (Wildman–Crippen LogP) is 2.54. The molecular weight excluding hydrogens is 380 g/mol. The summed E-state index contributed by atoms with van der Waals surface area (Å²) in [5, 5.41) is 5.82. The summed E-state index contributed by atoms with van der Waals surface area (Å²) in [6.07, 6.45) is 7.26. The summed E-state index contributed by atoms with van der Waals surface area (Å²) in [7, 11) is 0. The summed E-state index contributed by atoms with van der Waals surface area (Å²) < 4.78 is 0. The molecule has 0 unspecified atom stereocenters. The number of rotatable bonds is 7. The zero-order valence-corrected chi connectivity index (χ0v) is 17.6. The number of piperidine rings is 1. The van der Waals surface area contributed by atoms with Crippen molar-refractivity contribution in [2.24, 2.45) is 0 Å². The number of carbonyl (C=O) groups excluding carboxylic acids is 3. The normalized spacial score (nSPS) is 21.3. The maximum atomic E-state index is 12.7. The van der Waals surface area contributed by atoms with Crippen LogP contribution in [0.15, 0.2) is 24.3 Å². The molecule has 1 aliphatic carbocycles. The first-order chi connectivity index (χ1) is 14.6. The molecule has 162 valence electrons. The number of benzene rings is 1. The summed E-state index contributed by atoms with van der Waals surface area (Å²) in [6, 6.07) is 7.86. The highest BCUT2D eigenvalue weighted by molar-refractivity contribution is 6.07. The number of nitrogens with zero attached hydrogens (tertiary/aromatic N) is 2. The van der Waals surface area contributed by atoms with Crippen molar-refractivity contribution in [3.8, 4) is 0 Å². The van der Waals surface area contributed by atoms with E-state index in [1.165, 1.54) is 29.7 Å². The van der Waals surface area contributed by atoms with Gasteiger partial charge in [0, 0.05) is 26.1 Å². The van der Waals surface area contributed by atoms with E-state index in [-0.39, 0.29) is 30.8 Å². The molecule has 1 saturated carbocycles. The van der Waals surface area contributed by atoms with E-state index in [9.17, 15) is 14.4 Å². The van der Waals surface area contributed by atoms with Crippen molar-refractivity contribution in [1.82, 2.24) is 20.4 Å². The molecule has 7 nitrogen and oxygen atoms in total. The van der Waals surface area contributed by atoms with Gasteiger partial charge in [-0.25, -0.2) is 4.79 Å². The van der Waals surface area contributed by atoms with Gasteiger partial charge in [-0.2, -0.15) is 0 Å². The molecule has 3 fully saturated rings. The third-order valence-electron chi connectivity index (χ3n) is 6.70. The van der Waals surface area contributed by atoms with Crippen LogP contribution in [0.2, 0.25) is 0 Å². The predicted molar refractivity (Wildman–Crippen MR) is 113 cm³/mol. The highest BCUT2D eigenvalue weighted by Crippen LogP contribution is 2.35. The zero-order valence-electron chi connectivity index (χ0n) is 17.6. The first-order valence-corrected chi connectivity index (χ1v) is 11.3. The Morgan fingerprint density at radius 3 is 2.43 bits per heavy atom. The lowest BCUT2D eigenvalue weighted by atomic mass is 9.98. The van der Waals surface area contributed by atoms with Crippen molar-refractivity contribution < 1.29 is 14.4 Å². The van der Waals surface area contributed by atoms with Gasteiger partial charge in [-0.3, -0.25) is 19.4 Å². The Bertz CT molecular complexity index is 797. The number of amides is 4. The fourth-order valence-corrected chi connectivity index (χ4v) is 4.93. The Labute approximate surface area is 178 Å². The van der Waals surface area contributed by atoms with E-state index >= 15 is 0 Å². The molecular formula is C23H32N4O3. The summed E-state index contributed by atoms with van der Waals surface area (Å²) in [5.41, 5.74) is 1.66. The van der Waals surface area contributed by atoms with E-state index < -0.39 is 5.54 Å². The van der Waals surface area contributed by atoms with Gasteiger partial charge in [-0.1, -0.05) is 43.5 Å². The van der Waals surface area contributed by atoms with E-state index in [0.29, 0.717) is 19.4 Å². The highest BCUT2D eigenvalue weighted by atomic mass is 16.2. The van der Waals surface area contributed by atoms with Gasteiger partial charge in [-0.15, -0.1) is 0 Å². The van der Waals surface area contributed by atoms with Crippen LogP contribution in [0.3, 0.4) is 0 Å². The zero-order chi connectivity index (χ0) is 21.0. The van der Waals surface area contributed by atoms with Crippen molar-refractivity contribution in [3.63, 3.8) is 0 Å². The molecule has 7 heteroatoms. The second kappa shape index (κ2) is 9.16. The van der Waals surface area contributed by atoms with E-state index in [2.05, 4.69) is 27.7 Å². The molecule has 2 N–H and O–H groups in total. The Kier molecular flexibility index (Phi) is 6.37. The Balaban J connectivity index is 1.27. The molecule has 2 saturated heterocycles. The fourth-order valence-electron chi connectivity index (χ4n) is 4.93. The first kappa shape index (κ1) is 20.8. The van der Waals surface area contributed by atoms with Gasteiger partial charge in [0.05, 0.1) is 0 Å². The maximum absolute atomic E-state index is 12.7. The third kappa shape index (κ3) is 4.51. The van der Waals surface area contributed by atoms with Crippen molar-refractivity contribution in [3.05, 3.63) is 35.4 Å². The lowest BCUT2D eigenvalue weighted by Crippen LogP contribution is -2.44. The van der Waals surface area contributed by atoms with E-state index in [1.54, 1.807) is 0 Å². The second-order valence-electron chi connectivity index (χ2n) is 8.81. The van der Waals surface area contributed by atoms with Crippen LogP contribution in [0, 0.1) is 0 Å². The average molecular weight is 413 g/mol. The van der Waals surface area contributed by atoms with Crippen LogP contribution in [-0.2, 0) is 22.7 Å². The van der Waals surface area contributed by atoms with Gasteiger partial charge in [0.1, 0.15) is 5.54 Å². The molecule has 4 amide bonds. The SMILES string of the molecule is O=C(CCN1C(=O)NC2(CCCC2)C1=O)NCc1ccccc1CN1CCCCC1. The van der Waals surface area contributed by atoms with E-state index in [4.69, 9.17) is 0 Å². The summed E-state index contributed by atoms with van der Waals surface area (Å²) in [6.45, 7) is 3.78. The Hall–Kier alpha value is -2.41. The lowest BCUT2D eigenvalue weighted by Gasteiger charge is -2.27. The summed E-state index contributed by atoms with van der Waals surface area (Å²) in [4.78, 5) is 41.0. The number of hydrogen-bond donors (Lipinski definition) is 2. The quantitative estimate of drug-likeness (QED) is 0.675. The van der Waals surface area contributed by atoms with Crippen LogP contribution < -0.4 is 10.6 Å². The van der Waals surface area contributed by atoms with Crippen LogP contribution in [0.4, 0.5) is 4.79 Å². The van der Waals surface area contributed by atoms with Crippen molar-refractivity contribution >= 4 is 17.8 Å². The van der Waals surface area contributed by atoms with Gasteiger partial charge in [0.2, 0.25) is 5.91 Å². The standard InChI is InChI=1S/C23H32N4O3/c28-20(10-15-27-21(29)23(25-22(27)30)11-4-5-12-23)24-16-18-8-2-3-9-19(18)17-26-13-6-1-7-14-26/h2-3,8-9H,1,4-7,10-17H2,(H,24,28)(H,25,30). The van der Waals surface area contributed by atoms with Crippen LogP contribution in [0.5, 0.6) is 0 Å². The van der Waals surface area contributed by atoms with E-state index in [1.807, 2.05) is 12.1 Å². The number of nitrogens with one attached hydrogen (secondary N) is 2. The minimum Gasteiger partial charge on any atom is -0.352 e. The molecule has 0 bridgehead atoms. The van der Waals surface area contributed by atoms with E-state index in [0.717, 1.165) is 38.0 Å². The van der Waals surface area contributed by atoms with Crippen LogP contribution in [0.25, 0.3) is 0 Å². The molecule has 0 radical (unpaired) electrons. The Morgan fingerprint density at radius 1 is 1.00 bits per heavy atom. The Morgan fingerprint density at radius 2 is 1.70 bits per heavy atom. The van der Waals surface area contributed by atoms with Crippen LogP contribution >= 0.6 is 0 Å². The average Bonchev–Trinajstić information content (AvgIpc) is 3.31. The van der Waals surface area contributed by atoms with Crippen LogP contribution in [0.1, 0.15) is 62.5 Å². The van der Waals surface area contributed by atoms with Gasteiger partial charge in [0.15, 0.2) is 0 Å². The summed E-state index contributed by atoms with van der Waals surface area (Å²) >= 11 is 0. The number of likely N-dealkylation sites (tertiary alicyclic amines) is 1. The largest absolute Gasteiger partial charge is 0.352 e. The lowest BCUT2D eigenvalue weighted by molar-refractivity contribution is -0.131. The minimum absolute atomic E-state index is 0.129. The molecule has 2 heterocycles. The maximum Gasteiger partial charge on any atom is 0.325 e. The number of imide groups is 1. The molecule has 0 atom stereocenters. The number of hydrogen-bond acceptors (Lipinski definition) is 4. The molecule has 3 aliphatic rings. The second-order valence-corrected chi connectivity index (χ2v) is 8.81. The molecule has 4 rings (SSSR count). The first-order valence-electron chi connectivity index (χ1n) is 11.3. The molecule has 2 aliphatic heterocycles.